The monoisotopic (exact) mass is 411 g/mol. The van der Waals surface area contributed by atoms with Gasteiger partial charge in [0.15, 0.2) is 0 Å². The molecule has 0 N–H and O–H groups in total. The number of esters is 1. The van der Waals surface area contributed by atoms with Crippen molar-refractivity contribution < 1.29 is 13.9 Å². The minimum Gasteiger partial charge on any atom is -0.459 e. The number of benzene rings is 1. The van der Waals surface area contributed by atoms with Gasteiger partial charge in [-0.25, -0.2) is 9.78 Å². The second-order valence-electron chi connectivity index (χ2n) is 6.58. The zero-order valence-corrected chi connectivity index (χ0v) is 17.1. The molecule has 0 aliphatic carbocycles. The molecule has 7 nitrogen and oxygen atoms in total. The maximum Gasteiger partial charge on any atom is 0.329 e. The third-order valence-corrected chi connectivity index (χ3v) is 5.63. The van der Waals surface area contributed by atoms with Crippen LogP contribution in [0.2, 0.25) is 0 Å². The highest BCUT2D eigenvalue weighted by Crippen LogP contribution is 2.26. The normalized spacial score (nSPS) is 11.2. The number of oxazole rings is 1. The van der Waals surface area contributed by atoms with Crippen LogP contribution < -0.4 is 5.69 Å². The van der Waals surface area contributed by atoms with E-state index in [9.17, 15) is 9.59 Å². The standard InChI is InChI=1S/C21H21N3O4S/c1-3-23-16-7-4-5-8-17(16)24(21(23)26)11-10-19(25)27-13-15-14(2)28-20(22-15)18-9-6-12-29-18/h4-9,12H,3,10-11,13H2,1-2H3. The van der Waals surface area contributed by atoms with Crippen molar-refractivity contribution in [3.05, 3.63) is 63.7 Å². The van der Waals surface area contributed by atoms with E-state index in [1.165, 1.54) is 11.3 Å². The summed E-state index contributed by atoms with van der Waals surface area (Å²) in [7, 11) is 0. The fourth-order valence-corrected chi connectivity index (χ4v) is 3.93. The van der Waals surface area contributed by atoms with Crippen molar-refractivity contribution in [3.63, 3.8) is 0 Å². The predicted octanol–water partition coefficient (Wildman–Crippen LogP) is 3.98. The van der Waals surface area contributed by atoms with E-state index in [0.29, 0.717) is 23.9 Å². The summed E-state index contributed by atoms with van der Waals surface area (Å²) < 4.78 is 14.3. The third kappa shape index (κ3) is 3.75. The number of para-hydroxylation sites is 2. The smallest absolute Gasteiger partial charge is 0.329 e. The molecule has 0 radical (unpaired) electrons. The second kappa shape index (κ2) is 8.08. The number of hydrogen-bond donors (Lipinski definition) is 0. The molecule has 0 spiro atoms. The SMILES string of the molecule is CCn1c(=O)n(CCC(=O)OCc2nc(-c3cccs3)oc2C)c2ccccc21. The summed E-state index contributed by atoms with van der Waals surface area (Å²) >= 11 is 1.54. The molecule has 4 rings (SSSR count). The molecule has 1 aromatic carbocycles. The Labute approximate surface area is 171 Å². The van der Waals surface area contributed by atoms with Gasteiger partial charge in [0.05, 0.1) is 22.3 Å². The van der Waals surface area contributed by atoms with Gasteiger partial charge in [0, 0.05) is 13.1 Å². The lowest BCUT2D eigenvalue weighted by Gasteiger charge is -2.05. The molecule has 0 amide bonds. The average molecular weight is 411 g/mol. The lowest BCUT2D eigenvalue weighted by molar-refractivity contribution is -0.145. The number of thiophene rings is 1. The van der Waals surface area contributed by atoms with Crippen molar-refractivity contribution in [3.8, 4) is 10.8 Å². The molecular weight excluding hydrogens is 390 g/mol. The summed E-state index contributed by atoms with van der Waals surface area (Å²) in [6, 6.07) is 11.4. The summed E-state index contributed by atoms with van der Waals surface area (Å²) in [6.45, 7) is 4.62. The summed E-state index contributed by atoms with van der Waals surface area (Å²) in [5, 5.41) is 1.95. The van der Waals surface area contributed by atoms with Gasteiger partial charge in [-0.2, -0.15) is 0 Å². The molecule has 0 unspecified atom stereocenters. The fraction of sp³-hybridized carbons (Fsp3) is 0.286. The van der Waals surface area contributed by atoms with E-state index in [1.54, 1.807) is 16.1 Å². The first-order valence-electron chi connectivity index (χ1n) is 9.42. The molecule has 3 aromatic heterocycles. The van der Waals surface area contributed by atoms with Crippen LogP contribution in [0, 0.1) is 6.92 Å². The molecule has 4 aromatic rings. The molecule has 3 heterocycles. The Hall–Kier alpha value is -3.13. The van der Waals surface area contributed by atoms with Crippen molar-refractivity contribution in [1.29, 1.82) is 0 Å². The Morgan fingerprint density at radius 2 is 1.93 bits per heavy atom. The van der Waals surface area contributed by atoms with Gasteiger partial charge in [0.25, 0.3) is 0 Å². The van der Waals surface area contributed by atoms with Crippen LogP contribution >= 0.6 is 11.3 Å². The van der Waals surface area contributed by atoms with Crippen LogP contribution in [-0.2, 0) is 29.2 Å². The molecule has 0 atom stereocenters. The zero-order chi connectivity index (χ0) is 20.4. The number of aryl methyl sites for hydroxylation is 3. The van der Waals surface area contributed by atoms with E-state index in [4.69, 9.17) is 9.15 Å². The maximum atomic E-state index is 12.6. The Kier molecular flexibility index (Phi) is 5.35. The van der Waals surface area contributed by atoms with Crippen molar-refractivity contribution in [2.75, 3.05) is 0 Å². The minimum atomic E-state index is -0.384. The first kappa shape index (κ1) is 19.2. The van der Waals surface area contributed by atoms with Crippen LogP contribution in [0.4, 0.5) is 0 Å². The van der Waals surface area contributed by atoms with E-state index in [-0.39, 0.29) is 31.2 Å². The van der Waals surface area contributed by atoms with Crippen molar-refractivity contribution >= 4 is 28.3 Å². The van der Waals surface area contributed by atoms with Crippen LogP contribution in [0.1, 0.15) is 24.8 Å². The number of aromatic nitrogens is 3. The third-order valence-electron chi connectivity index (χ3n) is 4.78. The van der Waals surface area contributed by atoms with E-state index in [2.05, 4.69) is 4.98 Å². The summed E-state index contributed by atoms with van der Waals surface area (Å²) in [6.07, 6.45) is 0.103. The second-order valence-corrected chi connectivity index (χ2v) is 7.52. The number of rotatable bonds is 7. The molecule has 0 saturated heterocycles. The Morgan fingerprint density at radius 3 is 2.62 bits per heavy atom. The van der Waals surface area contributed by atoms with Gasteiger partial charge < -0.3 is 9.15 Å². The van der Waals surface area contributed by atoms with Crippen molar-refractivity contribution in [2.24, 2.45) is 0 Å². The fourth-order valence-electron chi connectivity index (χ4n) is 3.29. The summed E-state index contributed by atoms with van der Waals surface area (Å²) in [4.78, 5) is 30.2. The number of hydrogen-bond acceptors (Lipinski definition) is 6. The highest BCUT2D eigenvalue weighted by molar-refractivity contribution is 7.13. The van der Waals surface area contributed by atoms with Gasteiger partial charge in [-0.15, -0.1) is 11.3 Å². The first-order valence-corrected chi connectivity index (χ1v) is 10.3. The molecule has 0 bridgehead atoms. The maximum absolute atomic E-state index is 12.6. The number of ether oxygens (including phenoxy) is 1. The van der Waals surface area contributed by atoms with Crippen LogP contribution in [0.5, 0.6) is 0 Å². The van der Waals surface area contributed by atoms with E-state index >= 15 is 0 Å². The predicted molar refractivity (Wildman–Crippen MR) is 111 cm³/mol. The molecule has 0 saturated carbocycles. The van der Waals surface area contributed by atoms with Gasteiger partial charge in [0.1, 0.15) is 18.1 Å². The number of carbonyl (C=O) groups excluding carboxylic acids is 1. The Balaban J connectivity index is 1.41. The Bertz CT molecular complexity index is 1200. The number of fused-ring (bicyclic) bond motifs is 1. The zero-order valence-electron chi connectivity index (χ0n) is 16.3. The topological polar surface area (TPSA) is 79.3 Å². The highest BCUT2D eigenvalue weighted by Gasteiger charge is 2.16. The number of carbonyl (C=O) groups is 1. The van der Waals surface area contributed by atoms with E-state index in [0.717, 1.165) is 15.9 Å². The lowest BCUT2D eigenvalue weighted by Crippen LogP contribution is -2.25. The lowest BCUT2D eigenvalue weighted by atomic mass is 10.3. The van der Waals surface area contributed by atoms with Crippen molar-refractivity contribution in [1.82, 2.24) is 14.1 Å². The number of nitrogens with zero attached hydrogens (tertiary/aromatic N) is 3. The van der Waals surface area contributed by atoms with E-state index in [1.807, 2.05) is 48.7 Å². The van der Waals surface area contributed by atoms with Crippen LogP contribution in [0.3, 0.4) is 0 Å². The molecule has 0 aliphatic rings. The van der Waals surface area contributed by atoms with Crippen LogP contribution in [0.15, 0.2) is 51.0 Å². The largest absolute Gasteiger partial charge is 0.459 e. The minimum absolute atomic E-state index is 0.0468. The highest BCUT2D eigenvalue weighted by atomic mass is 32.1. The molecule has 150 valence electrons. The molecule has 0 aliphatic heterocycles. The van der Waals surface area contributed by atoms with Gasteiger partial charge in [-0.1, -0.05) is 18.2 Å². The summed E-state index contributed by atoms with van der Waals surface area (Å²) in [5.41, 5.74) is 2.17. The van der Waals surface area contributed by atoms with E-state index < -0.39 is 0 Å². The summed E-state index contributed by atoms with van der Waals surface area (Å²) in [5.74, 6) is 0.774. The Morgan fingerprint density at radius 1 is 1.17 bits per heavy atom. The van der Waals surface area contributed by atoms with Gasteiger partial charge in [-0.05, 0) is 37.4 Å². The van der Waals surface area contributed by atoms with Crippen LogP contribution in [-0.4, -0.2) is 20.1 Å². The van der Waals surface area contributed by atoms with Crippen LogP contribution in [0.25, 0.3) is 21.8 Å². The average Bonchev–Trinajstić information content (AvgIpc) is 3.43. The first-order chi connectivity index (χ1) is 14.1. The molecule has 29 heavy (non-hydrogen) atoms. The van der Waals surface area contributed by atoms with Gasteiger partial charge in [0.2, 0.25) is 5.89 Å². The van der Waals surface area contributed by atoms with Crippen molar-refractivity contribution in [2.45, 2.75) is 40.0 Å². The molecule has 8 heteroatoms. The molecule has 0 fully saturated rings. The number of imidazole rings is 1. The quantitative estimate of drug-likeness (QED) is 0.430. The van der Waals surface area contributed by atoms with Gasteiger partial charge in [-0.3, -0.25) is 13.9 Å². The molecular formula is C21H21N3O4S. The van der Waals surface area contributed by atoms with Gasteiger partial charge >= 0.3 is 11.7 Å².